The molecule has 0 aliphatic carbocycles. The summed E-state index contributed by atoms with van der Waals surface area (Å²) in [5.74, 6) is 0.482. The van der Waals surface area contributed by atoms with Crippen molar-refractivity contribution in [1.82, 2.24) is 0 Å². The number of aliphatic hydroxyl groups is 1. The first-order valence-electron chi connectivity index (χ1n) is 15.1. The summed E-state index contributed by atoms with van der Waals surface area (Å²) >= 11 is 6.99. The van der Waals surface area contributed by atoms with Crippen molar-refractivity contribution in [2.45, 2.75) is 155 Å². The van der Waals surface area contributed by atoms with Crippen LogP contribution >= 0.6 is 11.6 Å². The molecular formula is C29H61ClO4Si. The Morgan fingerprint density at radius 1 is 0.714 bits per heavy atom. The predicted octanol–water partition coefficient (Wildman–Crippen LogP) is 9.29. The fourth-order valence-corrected chi connectivity index (χ4v) is 7.64. The molecule has 35 heavy (non-hydrogen) atoms. The van der Waals surface area contributed by atoms with Crippen LogP contribution in [0.15, 0.2) is 0 Å². The Bertz CT molecular complexity index is 444. The van der Waals surface area contributed by atoms with Crippen molar-refractivity contribution in [3.05, 3.63) is 0 Å². The van der Waals surface area contributed by atoms with Gasteiger partial charge in [0.1, 0.15) is 0 Å². The van der Waals surface area contributed by atoms with Gasteiger partial charge in [0.25, 0.3) is 0 Å². The monoisotopic (exact) mass is 536 g/mol. The molecule has 0 aromatic carbocycles. The highest BCUT2D eigenvalue weighted by atomic mass is 35.5. The Kier molecular flexibility index (Phi) is 23.7. The van der Waals surface area contributed by atoms with Gasteiger partial charge < -0.3 is 18.4 Å². The second-order valence-corrected chi connectivity index (χ2v) is 14.1. The van der Waals surface area contributed by atoms with Crippen molar-refractivity contribution in [2.75, 3.05) is 26.4 Å². The summed E-state index contributed by atoms with van der Waals surface area (Å²) in [6.07, 6.45) is 22.6. The number of aliphatic hydroxyl groups excluding tert-OH is 1. The van der Waals surface area contributed by atoms with Crippen LogP contribution in [0.1, 0.15) is 144 Å². The van der Waals surface area contributed by atoms with Gasteiger partial charge in [-0.25, -0.2) is 0 Å². The van der Waals surface area contributed by atoms with Crippen LogP contribution < -0.4 is 0 Å². The van der Waals surface area contributed by atoms with Gasteiger partial charge in [-0.05, 0) is 46.0 Å². The van der Waals surface area contributed by atoms with E-state index in [0.29, 0.717) is 19.1 Å². The van der Waals surface area contributed by atoms with Crippen molar-refractivity contribution in [3.63, 3.8) is 0 Å². The van der Waals surface area contributed by atoms with Crippen molar-refractivity contribution in [3.8, 4) is 0 Å². The number of alkyl halides is 1. The Balaban J connectivity index is 3.95. The van der Waals surface area contributed by atoms with Gasteiger partial charge in [-0.2, -0.15) is 0 Å². The molecular weight excluding hydrogens is 476 g/mol. The lowest BCUT2D eigenvalue weighted by atomic mass is 9.86. The molecule has 0 aromatic heterocycles. The summed E-state index contributed by atoms with van der Waals surface area (Å²) in [7, 11) is -2.73. The molecule has 2 unspecified atom stereocenters. The highest BCUT2D eigenvalue weighted by Gasteiger charge is 2.41. The SMILES string of the molecule is CCCCCCCCCCCCCCCCC(C)C(C)(Cl)CCC[Si](OCC)(OCC)OCCO. The third kappa shape index (κ3) is 19.1. The molecule has 0 amide bonds. The van der Waals surface area contributed by atoms with E-state index in [9.17, 15) is 5.11 Å². The number of rotatable bonds is 27. The number of unbranched alkanes of at least 4 members (excludes halogenated alkanes) is 13. The van der Waals surface area contributed by atoms with Gasteiger partial charge >= 0.3 is 8.80 Å². The van der Waals surface area contributed by atoms with Crippen LogP contribution in [0.3, 0.4) is 0 Å². The fraction of sp³-hybridized carbons (Fsp3) is 1.00. The van der Waals surface area contributed by atoms with Crippen molar-refractivity contribution >= 4 is 20.4 Å². The van der Waals surface area contributed by atoms with Crippen LogP contribution in [0.4, 0.5) is 0 Å². The second-order valence-electron chi connectivity index (χ2n) is 10.5. The van der Waals surface area contributed by atoms with E-state index in [1.165, 1.54) is 96.3 Å². The zero-order valence-corrected chi connectivity index (χ0v) is 25.9. The molecule has 0 aliphatic heterocycles. The van der Waals surface area contributed by atoms with Gasteiger partial charge in [-0.3, -0.25) is 0 Å². The van der Waals surface area contributed by atoms with Crippen LogP contribution in [0.25, 0.3) is 0 Å². The third-order valence-electron chi connectivity index (χ3n) is 7.31. The highest BCUT2D eigenvalue weighted by Crippen LogP contribution is 2.35. The van der Waals surface area contributed by atoms with Gasteiger partial charge in [-0.15, -0.1) is 11.6 Å². The van der Waals surface area contributed by atoms with E-state index in [2.05, 4.69) is 20.8 Å². The highest BCUT2D eigenvalue weighted by molar-refractivity contribution is 6.60. The molecule has 0 saturated heterocycles. The lowest BCUT2D eigenvalue weighted by Crippen LogP contribution is -2.46. The summed E-state index contributed by atoms with van der Waals surface area (Å²) in [6, 6.07) is 0.753. The summed E-state index contributed by atoms with van der Waals surface area (Å²) in [6.45, 7) is 12.1. The third-order valence-corrected chi connectivity index (χ3v) is 10.9. The largest absolute Gasteiger partial charge is 0.501 e. The molecule has 6 heteroatoms. The number of hydrogen-bond acceptors (Lipinski definition) is 4. The van der Waals surface area contributed by atoms with Gasteiger partial charge in [0.05, 0.1) is 13.2 Å². The molecule has 0 radical (unpaired) electrons. The molecule has 0 aliphatic rings. The molecule has 4 nitrogen and oxygen atoms in total. The van der Waals surface area contributed by atoms with Gasteiger partial charge in [0.2, 0.25) is 0 Å². The topological polar surface area (TPSA) is 47.9 Å². The maximum atomic E-state index is 9.18. The Hall–Kier alpha value is 0.347. The predicted molar refractivity (Wildman–Crippen MR) is 154 cm³/mol. The first kappa shape index (κ1) is 35.3. The normalized spacial score (nSPS) is 14.8. The first-order chi connectivity index (χ1) is 16.9. The van der Waals surface area contributed by atoms with Crippen molar-refractivity contribution < 1.29 is 18.4 Å². The molecule has 0 fully saturated rings. The minimum atomic E-state index is -2.73. The van der Waals surface area contributed by atoms with Crippen LogP contribution in [-0.2, 0) is 13.3 Å². The number of hydrogen-bond donors (Lipinski definition) is 1. The van der Waals surface area contributed by atoms with E-state index < -0.39 is 8.80 Å². The number of halogens is 1. The standard InChI is InChI=1S/C29H61ClO4Si/c1-6-9-10-11-12-13-14-15-16-17-18-19-20-21-23-28(4)29(5,30)24-22-27-35(32-7-2,33-8-3)34-26-25-31/h28,31H,6-27H2,1-5H3. The Morgan fingerprint density at radius 2 is 1.17 bits per heavy atom. The summed E-state index contributed by atoms with van der Waals surface area (Å²) < 4.78 is 17.8. The maximum absolute atomic E-state index is 9.18. The molecule has 0 heterocycles. The fourth-order valence-electron chi connectivity index (χ4n) is 4.83. The van der Waals surface area contributed by atoms with Crippen molar-refractivity contribution in [2.24, 2.45) is 5.92 Å². The molecule has 0 aromatic rings. The molecule has 0 spiro atoms. The van der Waals surface area contributed by atoms with Gasteiger partial charge in [0, 0.05) is 24.1 Å². The van der Waals surface area contributed by atoms with E-state index >= 15 is 0 Å². The Morgan fingerprint density at radius 3 is 1.60 bits per heavy atom. The van der Waals surface area contributed by atoms with E-state index in [1.807, 2.05) is 13.8 Å². The molecule has 2 atom stereocenters. The zero-order valence-electron chi connectivity index (χ0n) is 24.2. The minimum absolute atomic E-state index is 0.0155. The molecule has 0 rings (SSSR count). The average Bonchev–Trinajstić information content (AvgIpc) is 2.83. The smallest absolute Gasteiger partial charge is 0.394 e. The van der Waals surface area contributed by atoms with Crippen molar-refractivity contribution in [1.29, 1.82) is 0 Å². The van der Waals surface area contributed by atoms with Crippen LogP contribution in [0, 0.1) is 5.92 Å². The summed E-state index contributed by atoms with van der Waals surface area (Å²) in [4.78, 5) is -0.216. The lowest BCUT2D eigenvalue weighted by molar-refractivity contribution is 0.0526. The van der Waals surface area contributed by atoms with E-state index in [-0.39, 0.29) is 18.1 Å². The van der Waals surface area contributed by atoms with Gasteiger partial charge in [0.15, 0.2) is 0 Å². The van der Waals surface area contributed by atoms with Crippen LogP contribution in [-0.4, -0.2) is 45.2 Å². The first-order valence-corrected chi connectivity index (χ1v) is 17.4. The molecule has 0 saturated carbocycles. The average molecular weight is 537 g/mol. The second kappa shape index (κ2) is 23.5. The summed E-state index contributed by atoms with van der Waals surface area (Å²) in [5, 5.41) is 9.18. The molecule has 212 valence electrons. The maximum Gasteiger partial charge on any atom is 0.501 e. The molecule has 1 N–H and O–H groups in total. The van der Waals surface area contributed by atoms with E-state index in [4.69, 9.17) is 24.9 Å². The Labute approximate surface area is 225 Å². The lowest BCUT2D eigenvalue weighted by Gasteiger charge is -2.32. The van der Waals surface area contributed by atoms with E-state index in [1.54, 1.807) is 0 Å². The quantitative estimate of drug-likeness (QED) is 0.0645. The summed E-state index contributed by atoms with van der Waals surface area (Å²) in [5.41, 5.74) is 0. The van der Waals surface area contributed by atoms with E-state index in [0.717, 1.165) is 18.9 Å². The van der Waals surface area contributed by atoms with Gasteiger partial charge in [-0.1, -0.05) is 104 Å². The molecule has 0 bridgehead atoms. The van der Waals surface area contributed by atoms with Crippen LogP contribution in [0.5, 0.6) is 0 Å². The van der Waals surface area contributed by atoms with Crippen LogP contribution in [0.2, 0.25) is 6.04 Å². The zero-order chi connectivity index (χ0) is 26.3. The minimum Gasteiger partial charge on any atom is -0.394 e.